The van der Waals surface area contributed by atoms with Crippen LogP contribution in [0.15, 0.2) is 12.1 Å². The number of halogens is 2. The average Bonchev–Trinajstić information content (AvgIpc) is 2.20. The number of nitrogens with one attached hydrogen (secondary N) is 1. The van der Waals surface area contributed by atoms with Crippen molar-refractivity contribution in [3.05, 3.63) is 28.5 Å². The van der Waals surface area contributed by atoms with Gasteiger partial charge in [-0.25, -0.2) is 4.39 Å². The summed E-state index contributed by atoms with van der Waals surface area (Å²) < 4.78 is 18.1. The SMILES string of the molecule is CNC(=O)c1ccc(Cl)c(F)c1OC. The minimum atomic E-state index is -0.727. The molecule has 0 aliphatic rings. The highest BCUT2D eigenvalue weighted by atomic mass is 35.5. The van der Waals surface area contributed by atoms with Crippen molar-refractivity contribution in [3.8, 4) is 5.75 Å². The molecule has 76 valence electrons. The van der Waals surface area contributed by atoms with Crippen LogP contribution in [-0.2, 0) is 0 Å². The van der Waals surface area contributed by atoms with Gasteiger partial charge in [0.2, 0.25) is 0 Å². The Morgan fingerprint density at radius 2 is 2.21 bits per heavy atom. The van der Waals surface area contributed by atoms with Gasteiger partial charge in [-0.2, -0.15) is 0 Å². The van der Waals surface area contributed by atoms with E-state index in [0.717, 1.165) is 0 Å². The number of amides is 1. The van der Waals surface area contributed by atoms with Gasteiger partial charge in [0.25, 0.3) is 5.91 Å². The summed E-state index contributed by atoms with van der Waals surface area (Å²) in [7, 11) is 2.73. The molecule has 0 aliphatic heterocycles. The minimum Gasteiger partial charge on any atom is -0.493 e. The first-order valence-electron chi connectivity index (χ1n) is 3.86. The third-order valence-corrected chi connectivity index (χ3v) is 2.02. The Morgan fingerprint density at radius 1 is 1.57 bits per heavy atom. The molecule has 1 aromatic rings. The molecule has 1 rings (SSSR count). The number of methoxy groups -OCH3 is 1. The molecule has 1 aromatic carbocycles. The molecule has 0 saturated heterocycles. The first kappa shape index (κ1) is 10.8. The number of hydrogen-bond donors (Lipinski definition) is 1. The fraction of sp³-hybridized carbons (Fsp3) is 0.222. The normalized spacial score (nSPS) is 9.71. The van der Waals surface area contributed by atoms with Gasteiger partial charge in [0.1, 0.15) is 0 Å². The maximum Gasteiger partial charge on any atom is 0.254 e. The summed E-state index contributed by atoms with van der Waals surface area (Å²) in [6, 6.07) is 2.72. The van der Waals surface area contributed by atoms with Crippen LogP contribution >= 0.6 is 11.6 Å². The molecule has 14 heavy (non-hydrogen) atoms. The number of carbonyl (C=O) groups excluding carboxylic acids is 1. The predicted octanol–water partition coefficient (Wildman–Crippen LogP) is 1.85. The zero-order chi connectivity index (χ0) is 10.7. The molecule has 5 heteroatoms. The van der Waals surface area contributed by atoms with Crippen molar-refractivity contribution in [1.82, 2.24) is 5.32 Å². The van der Waals surface area contributed by atoms with Crippen molar-refractivity contribution >= 4 is 17.5 Å². The fourth-order valence-electron chi connectivity index (χ4n) is 1.05. The number of benzene rings is 1. The Balaban J connectivity index is 3.31. The van der Waals surface area contributed by atoms with Crippen LogP contribution < -0.4 is 10.1 Å². The monoisotopic (exact) mass is 217 g/mol. The summed E-state index contributed by atoms with van der Waals surface area (Å²) in [6.07, 6.45) is 0. The topological polar surface area (TPSA) is 38.3 Å². The van der Waals surface area contributed by atoms with Crippen LogP contribution in [0.4, 0.5) is 4.39 Å². The Bertz CT molecular complexity index is 368. The third kappa shape index (κ3) is 1.80. The smallest absolute Gasteiger partial charge is 0.254 e. The van der Waals surface area contributed by atoms with Crippen molar-refractivity contribution < 1.29 is 13.9 Å². The summed E-state index contributed by atoms with van der Waals surface area (Å²) in [6.45, 7) is 0. The Morgan fingerprint density at radius 3 is 2.71 bits per heavy atom. The summed E-state index contributed by atoms with van der Waals surface area (Å²) in [4.78, 5) is 11.3. The summed E-state index contributed by atoms with van der Waals surface area (Å²) in [5.74, 6) is -1.29. The molecule has 0 radical (unpaired) electrons. The Hall–Kier alpha value is -1.29. The van der Waals surface area contributed by atoms with E-state index in [0.29, 0.717) is 0 Å². The van der Waals surface area contributed by atoms with Crippen LogP contribution in [0.1, 0.15) is 10.4 Å². The average molecular weight is 218 g/mol. The molecule has 0 aliphatic carbocycles. The third-order valence-electron chi connectivity index (χ3n) is 1.73. The Kier molecular flexibility index (Phi) is 3.30. The maximum absolute atomic E-state index is 13.3. The fourth-order valence-corrected chi connectivity index (χ4v) is 1.19. The highest BCUT2D eigenvalue weighted by Crippen LogP contribution is 2.28. The van der Waals surface area contributed by atoms with Crippen molar-refractivity contribution in [2.75, 3.05) is 14.2 Å². The molecule has 0 unspecified atom stereocenters. The highest BCUT2D eigenvalue weighted by Gasteiger charge is 2.17. The molecule has 0 bridgehead atoms. The first-order valence-corrected chi connectivity index (χ1v) is 4.23. The van der Waals surface area contributed by atoms with Crippen molar-refractivity contribution in [2.24, 2.45) is 0 Å². The molecule has 0 atom stereocenters. The summed E-state index contributed by atoms with van der Waals surface area (Å²) >= 11 is 5.53. The van der Waals surface area contributed by atoms with Gasteiger partial charge in [0, 0.05) is 7.05 Å². The largest absolute Gasteiger partial charge is 0.493 e. The van der Waals surface area contributed by atoms with E-state index >= 15 is 0 Å². The van der Waals surface area contributed by atoms with Crippen molar-refractivity contribution in [3.63, 3.8) is 0 Å². The molecule has 0 saturated carbocycles. The maximum atomic E-state index is 13.3. The summed E-state index contributed by atoms with van der Waals surface area (Å²) in [5.41, 5.74) is 0.122. The minimum absolute atomic E-state index is 0.0745. The van der Waals surface area contributed by atoms with Gasteiger partial charge in [-0.1, -0.05) is 11.6 Å². The van der Waals surface area contributed by atoms with E-state index in [1.807, 2.05) is 0 Å². The van der Waals surface area contributed by atoms with E-state index in [4.69, 9.17) is 16.3 Å². The lowest BCUT2D eigenvalue weighted by molar-refractivity contribution is 0.0959. The van der Waals surface area contributed by atoms with Gasteiger partial charge in [0.15, 0.2) is 11.6 Å². The molecule has 3 nitrogen and oxygen atoms in total. The number of hydrogen-bond acceptors (Lipinski definition) is 2. The Labute approximate surface area is 85.8 Å². The second-order valence-electron chi connectivity index (χ2n) is 2.52. The van der Waals surface area contributed by atoms with Gasteiger partial charge in [-0.3, -0.25) is 4.79 Å². The van der Waals surface area contributed by atoms with E-state index in [1.54, 1.807) is 0 Å². The van der Waals surface area contributed by atoms with Crippen LogP contribution in [0.5, 0.6) is 5.75 Å². The number of carbonyl (C=O) groups is 1. The van der Waals surface area contributed by atoms with E-state index in [9.17, 15) is 9.18 Å². The molecule has 1 amide bonds. The lowest BCUT2D eigenvalue weighted by Crippen LogP contribution is -2.19. The second kappa shape index (κ2) is 4.28. The van der Waals surface area contributed by atoms with Crippen molar-refractivity contribution in [1.29, 1.82) is 0 Å². The van der Waals surface area contributed by atoms with Gasteiger partial charge in [-0.15, -0.1) is 0 Å². The van der Waals surface area contributed by atoms with E-state index in [-0.39, 0.29) is 16.3 Å². The zero-order valence-electron chi connectivity index (χ0n) is 7.73. The van der Waals surface area contributed by atoms with Crippen LogP contribution in [0.2, 0.25) is 5.02 Å². The molecular formula is C9H9ClFNO2. The molecule has 1 N–H and O–H groups in total. The van der Waals surface area contributed by atoms with E-state index in [1.165, 1.54) is 26.3 Å². The van der Waals surface area contributed by atoms with Crippen LogP contribution in [0.3, 0.4) is 0 Å². The van der Waals surface area contributed by atoms with Gasteiger partial charge >= 0.3 is 0 Å². The summed E-state index contributed by atoms with van der Waals surface area (Å²) in [5, 5.41) is 2.30. The molecule has 0 spiro atoms. The molecule has 0 aromatic heterocycles. The molecule has 0 fully saturated rings. The lowest BCUT2D eigenvalue weighted by atomic mass is 10.2. The van der Waals surface area contributed by atoms with Gasteiger partial charge < -0.3 is 10.1 Å². The van der Waals surface area contributed by atoms with Crippen molar-refractivity contribution in [2.45, 2.75) is 0 Å². The van der Waals surface area contributed by atoms with Gasteiger partial charge in [-0.05, 0) is 12.1 Å². The predicted molar refractivity (Wildman–Crippen MR) is 51.4 cm³/mol. The van der Waals surface area contributed by atoms with E-state index < -0.39 is 11.7 Å². The number of rotatable bonds is 2. The zero-order valence-corrected chi connectivity index (χ0v) is 8.48. The van der Waals surface area contributed by atoms with Crippen LogP contribution in [0.25, 0.3) is 0 Å². The standard InChI is InChI=1S/C9H9ClFNO2/c1-12-9(13)5-3-4-6(10)7(11)8(5)14-2/h3-4H,1-2H3,(H,12,13). The molecule has 0 heterocycles. The number of ether oxygens (including phenoxy) is 1. The molecular weight excluding hydrogens is 209 g/mol. The lowest BCUT2D eigenvalue weighted by Gasteiger charge is -2.08. The first-order chi connectivity index (χ1) is 6.61. The van der Waals surface area contributed by atoms with Crippen LogP contribution in [-0.4, -0.2) is 20.1 Å². The van der Waals surface area contributed by atoms with E-state index in [2.05, 4.69) is 5.32 Å². The van der Waals surface area contributed by atoms with Gasteiger partial charge in [0.05, 0.1) is 17.7 Å². The highest BCUT2D eigenvalue weighted by molar-refractivity contribution is 6.31. The second-order valence-corrected chi connectivity index (χ2v) is 2.93. The quantitative estimate of drug-likeness (QED) is 0.821. The van der Waals surface area contributed by atoms with Crippen LogP contribution in [0, 0.1) is 5.82 Å².